The SMILES string of the molecule is COc1ccc(CCOC(=O)Oc2ccc([N+](=O)[O-])cc2)cc1. The van der Waals surface area contributed by atoms with Crippen LogP contribution in [0.25, 0.3) is 0 Å². The third-order valence-corrected chi connectivity index (χ3v) is 3.02. The molecule has 0 unspecified atom stereocenters. The lowest BCUT2D eigenvalue weighted by Gasteiger charge is -2.06. The number of methoxy groups -OCH3 is 1. The summed E-state index contributed by atoms with van der Waals surface area (Å²) < 4.78 is 14.9. The van der Waals surface area contributed by atoms with Crippen molar-refractivity contribution in [2.24, 2.45) is 0 Å². The zero-order chi connectivity index (χ0) is 16.7. The summed E-state index contributed by atoms with van der Waals surface area (Å²) in [4.78, 5) is 21.5. The molecule has 120 valence electrons. The van der Waals surface area contributed by atoms with Crippen molar-refractivity contribution in [3.05, 3.63) is 64.2 Å². The van der Waals surface area contributed by atoms with Gasteiger partial charge in [-0.2, -0.15) is 0 Å². The molecule has 0 aliphatic carbocycles. The number of rotatable bonds is 6. The molecule has 0 saturated carbocycles. The van der Waals surface area contributed by atoms with E-state index < -0.39 is 11.1 Å². The summed E-state index contributed by atoms with van der Waals surface area (Å²) in [5.41, 5.74) is 0.916. The molecule has 0 spiro atoms. The molecule has 7 heteroatoms. The standard InChI is InChI=1S/C16H15NO6/c1-21-14-6-2-12(3-7-14)10-11-22-16(18)23-15-8-4-13(5-9-15)17(19)20/h2-9H,10-11H2,1H3. The van der Waals surface area contributed by atoms with Crippen LogP contribution in [0, 0.1) is 10.1 Å². The molecule has 0 aromatic heterocycles. The number of carbonyl (C=O) groups excluding carboxylic acids is 1. The number of benzene rings is 2. The van der Waals surface area contributed by atoms with E-state index in [0.717, 1.165) is 11.3 Å². The van der Waals surface area contributed by atoms with Crippen molar-refractivity contribution in [1.82, 2.24) is 0 Å². The number of non-ortho nitro benzene ring substituents is 1. The molecule has 2 rings (SSSR count). The third-order valence-electron chi connectivity index (χ3n) is 3.02. The predicted octanol–water partition coefficient (Wildman–Crippen LogP) is 3.36. The molecule has 23 heavy (non-hydrogen) atoms. The molecule has 0 heterocycles. The summed E-state index contributed by atoms with van der Waals surface area (Å²) in [6, 6.07) is 12.6. The van der Waals surface area contributed by atoms with Gasteiger partial charge < -0.3 is 14.2 Å². The fraction of sp³-hybridized carbons (Fsp3) is 0.188. The van der Waals surface area contributed by atoms with Crippen LogP contribution in [0.3, 0.4) is 0 Å². The number of nitro groups is 1. The van der Waals surface area contributed by atoms with Crippen LogP contribution < -0.4 is 9.47 Å². The number of hydrogen-bond donors (Lipinski definition) is 0. The third kappa shape index (κ3) is 4.99. The number of ether oxygens (including phenoxy) is 3. The van der Waals surface area contributed by atoms with Gasteiger partial charge in [-0.05, 0) is 29.8 Å². The summed E-state index contributed by atoms with van der Waals surface area (Å²) in [5.74, 6) is 0.942. The van der Waals surface area contributed by atoms with Gasteiger partial charge in [0.05, 0.1) is 18.6 Å². The van der Waals surface area contributed by atoms with Gasteiger partial charge in [0.25, 0.3) is 5.69 Å². The monoisotopic (exact) mass is 317 g/mol. The quantitative estimate of drug-likeness (QED) is 0.351. The molecule has 0 saturated heterocycles. The molecule has 0 N–H and O–H groups in total. The van der Waals surface area contributed by atoms with Crippen molar-refractivity contribution >= 4 is 11.8 Å². The van der Waals surface area contributed by atoms with Gasteiger partial charge in [-0.1, -0.05) is 12.1 Å². The molecular weight excluding hydrogens is 302 g/mol. The Morgan fingerprint density at radius 1 is 1.04 bits per heavy atom. The normalized spacial score (nSPS) is 9.96. The van der Waals surface area contributed by atoms with Crippen molar-refractivity contribution in [3.63, 3.8) is 0 Å². The van der Waals surface area contributed by atoms with Crippen molar-refractivity contribution in [2.45, 2.75) is 6.42 Å². The lowest BCUT2D eigenvalue weighted by molar-refractivity contribution is -0.384. The number of nitrogens with zero attached hydrogens (tertiary/aromatic N) is 1. The van der Waals surface area contributed by atoms with Gasteiger partial charge in [0.15, 0.2) is 0 Å². The van der Waals surface area contributed by atoms with Crippen molar-refractivity contribution in [1.29, 1.82) is 0 Å². The van der Waals surface area contributed by atoms with E-state index in [1.54, 1.807) is 7.11 Å². The summed E-state index contributed by atoms with van der Waals surface area (Å²) in [7, 11) is 1.59. The highest BCUT2D eigenvalue weighted by atomic mass is 16.7. The lowest BCUT2D eigenvalue weighted by atomic mass is 10.1. The molecule has 2 aromatic carbocycles. The first-order chi connectivity index (χ1) is 11.1. The number of nitro benzene ring substituents is 1. The maximum absolute atomic E-state index is 11.5. The largest absolute Gasteiger partial charge is 0.513 e. The second-order valence-electron chi connectivity index (χ2n) is 4.55. The zero-order valence-corrected chi connectivity index (χ0v) is 12.4. The van der Waals surface area contributed by atoms with Gasteiger partial charge in [0.2, 0.25) is 0 Å². The Hall–Kier alpha value is -3.09. The molecule has 0 radical (unpaired) electrons. The first-order valence-electron chi connectivity index (χ1n) is 6.80. The van der Waals surface area contributed by atoms with E-state index in [0.29, 0.717) is 6.42 Å². The highest BCUT2D eigenvalue weighted by molar-refractivity contribution is 5.64. The molecule has 2 aromatic rings. The molecule has 0 amide bonds. The Kier molecular flexibility index (Phi) is 5.51. The van der Waals surface area contributed by atoms with Crippen LogP contribution in [0.5, 0.6) is 11.5 Å². The average molecular weight is 317 g/mol. The van der Waals surface area contributed by atoms with Crippen LogP contribution in [0.4, 0.5) is 10.5 Å². The fourth-order valence-electron chi connectivity index (χ4n) is 1.81. The first kappa shape index (κ1) is 16.3. The fourth-order valence-corrected chi connectivity index (χ4v) is 1.81. The van der Waals surface area contributed by atoms with Crippen LogP contribution in [0.15, 0.2) is 48.5 Å². The van der Waals surface area contributed by atoms with E-state index in [1.807, 2.05) is 24.3 Å². The number of hydrogen-bond acceptors (Lipinski definition) is 6. The molecule has 7 nitrogen and oxygen atoms in total. The minimum Gasteiger partial charge on any atom is -0.497 e. The van der Waals surface area contributed by atoms with E-state index in [2.05, 4.69) is 0 Å². The maximum atomic E-state index is 11.5. The van der Waals surface area contributed by atoms with Gasteiger partial charge >= 0.3 is 6.16 Å². The van der Waals surface area contributed by atoms with E-state index in [-0.39, 0.29) is 18.0 Å². The van der Waals surface area contributed by atoms with Crippen LogP contribution in [0.2, 0.25) is 0 Å². The van der Waals surface area contributed by atoms with Gasteiger partial charge in [-0.15, -0.1) is 0 Å². The lowest BCUT2D eigenvalue weighted by Crippen LogP contribution is -2.12. The molecule has 0 aliphatic rings. The predicted molar refractivity (Wildman–Crippen MR) is 81.8 cm³/mol. The van der Waals surface area contributed by atoms with Crippen molar-refractivity contribution in [2.75, 3.05) is 13.7 Å². The van der Waals surface area contributed by atoms with Gasteiger partial charge in [-0.25, -0.2) is 4.79 Å². The summed E-state index contributed by atoms with van der Waals surface area (Å²) >= 11 is 0. The van der Waals surface area contributed by atoms with Crippen LogP contribution >= 0.6 is 0 Å². The second-order valence-corrected chi connectivity index (χ2v) is 4.55. The Morgan fingerprint density at radius 2 is 1.65 bits per heavy atom. The molecule has 0 aliphatic heterocycles. The maximum Gasteiger partial charge on any atom is 0.513 e. The number of carbonyl (C=O) groups is 1. The van der Waals surface area contributed by atoms with Crippen LogP contribution in [-0.2, 0) is 11.2 Å². The van der Waals surface area contributed by atoms with Gasteiger partial charge in [0.1, 0.15) is 11.5 Å². The Morgan fingerprint density at radius 3 is 2.22 bits per heavy atom. The smallest absolute Gasteiger partial charge is 0.497 e. The molecule has 0 atom stereocenters. The first-order valence-corrected chi connectivity index (χ1v) is 6.80. The summed E-state index contributed by atoms with van der Waals surface area (Å²) in [6.45, 7) is 0.165. The van der Waals surface area contributed by atoms with E-state index in [1.165, 1.54) is 24.3 Å². The minimum absolute atomic E-state index is 0.0785. The van der Waals surface area contributed by atoms with E-state index in [9.17, 15) is 14.9 Å². The van der Waals surface area contributed by atoms with E-state index in [4.69, 9.17) is 14.2 Å². The molecule has 0 bridgehead atoms. The molecule has 0 fully saturated rings. The highest BCUT2D eigenvalue weighted by Crippen LogP contribution is 2.17. The summed E-state index contributed by atoms with van der Waals surface area (Å²) in [5, 5.41) is 10.5. The van der Waals surface area contributed by atoms with Crippen LogP contribution in [0.1, 0.15) is 5.56 Å². The van der Waals surface area contributed by atoms with E-state index >= 15 is 0 Å². The average Bonchev–Trinajstić information content (AvgIpc) is 2.56. The highest BCUT2D eigenvalue weighted by Gasteiger charge is 2.09. The van der Waals surface area contributed by atoms with Crippen molar-refractivity contribution < 1.29 is 23.9 Å². The second kappa shape index (κ2) is 7.79. The Labute approximate surface area is 132 Å². The summed E-state index contributed by atoms with van der Waals surface area (Å²) in [6.07, 6.45) is -0.313. The Balaban J connectivity index is 1.77. The topological polar surface area (TPSA) is 87.9 Å². The van der Waals surface area contributed by atoms with Crippen molar-refractivity contribution in [3.8, 4) is 11.5 Å². The minimum atomic E-state index is -0.854. The molecular formula is C16H15NO6. The van der Waals surface area contributed by atoms with Gasteiger partial charge in [0, 0.05) is 18.6 Å². The van der Waals surface area contributed by atoms with Gasteiger partial charge in [-0.3, -0.25) is 10.1 Å². The Bertz CT molecular complexity index is 666. The van der Waals surface area contributed by atoms with Crippen LogP contribution in [-0.4, -0.2) is 24.8 Å². The zero-order valence-electron chi connectivity index (χ0n) is 12.4.